The summed E-state index contributed by atoms with van der Waals surface area (Å²) in [4.78, 5) is 22.9. The molecule has 5 heteroatoms. The first-order valence-electron chi connectivity index (χ1n) is 7.97. The van der Waals surface area contributed by atoms with Gasteiger partial charge in [0.05, 0.1) is 5.92 Å². The molecule has 1 fully saturated rings. The normalized spacial score (nSPS) is 21.1. The van der Waals surface area contributed by atoms with Gasteiger partial charge in [-0.1, -0.05) is 13.0 Å². The van der Waals surface area contributed by atoms with E-state index < -0.39 is 5.97 Å². The van der Waals surface area contributed by atoms with Crippen LogP contribution in [-0.2, 0) is 4.79 Å². The zero-order valence-electron chi connectivity index (χ0n) is 13.0. The van der Waals surface area contributed by atoms with E-state index >= 15 is 0 Å². The number of nitrogens with one attached hydrogen (secondary N) is 2. The van der Waals surface area contributed by atoms with E-state index in [0.717, 1.165) is 24.9 Å². The lowest BCUT2D eigenvalue weighted by atomic mass is 9.86. The molecule has 1 aliphatic rings. The minimum Gasteiger partial charge on any atom is -0.481 e. The molecule has 1 amide bonds. The summed E-state index contributed by atoms with van der Waals surface area (Å²) in [5.41, 5.74) is 1.57. The van der Waals surface area contributed by atoms with E-state index in [4.69, 9.17) is 5.11 Å². The van der Waals surface area contributed by atoms with Crippen LogP contribution in [0.15, 0.2) is 24.3 Å². The van der Waals surface area contributed by atoms with Crippen LogP contribution in [0.2, 0.25) is 0 Å². The van der Waals surface area contributed by atoms with E-state index in [0.29, 0.717) is 24.9 Å². The number of carboxylic acids is 1. The van der Waals surface area contributed by atoms with E-state index in [-0.39, 0.29) is 17.9 Å². The predicted molar refractivity (Wildman–Crippen MR) is 86.1 cm³/mol. The monoisotopic (exact) mass is 304 g/mol. The number of rotatable bonds is 6. The Balaban J connectivity index is 1.91. The molecule has 0 saturated heterocycles. The van der Waals surface area contributed by atoms with Crippen molar-refractivity contribution in [3.63, 3.8) is 0 Å². The lowest BCUT2D eigenvalue weighted by Crippen LogP contribution is -2.29. The van der Waals surface area contributed by atoms with E-state index in [1.165, 1.54) is 0 Å². The zero-order valence-corrected chi connectivity index (χ0v) is 13.0. The topological polar surface area (TPSA) is 78.4 Å². The molecule has 0 aliphatic heterocycles. The Bertz CT molecular complexity index is 522. The molecular formula is C17H24N2O3. The van der Waals surface area contributed by atoms with Crippen LogP contribution >= 0.6 is 0 Å². The Morgan fingerprint density at radius 2 is 1.95 bits per heavy atom. The number of aliphatic carboxylic acids is 1. The molecule has 1 aromatic rings. The fourth-order valence-corrected chi connectivity index (χ4v) is 2.81. The molecule has 0 heterocycles. The molecule has 0 atom stereocenters. The number of amides is 1. The summed E-state index contributed by atoms with van der Waals surface area (Å²) in [5, 5.41) is 15.3. The van der Waals surface area contributed by atoms with E-state index in [1.807, 2.05) is 25.1 Å². The second-order valence-electron chi connectivity index (χ2n) is 5.87. The van der Waals surface area contributed by atoms with E-state index in [1.54, 1.807) is 6.07 Å². The minimum absolute atomic E-state index is 0.0555. The number of benzene rings is 1. The van der Waals surface area contributed by atoms with Gasteiger partial charge < -0.3 is 15.7 Å². The Kier molecular flexibility index (Phi) is 5.81. The molecule has 1 aromatic carbocycles. The third-order valence-electron chi connectivity index (χ3n) is 4.11. The van der Waals surface area contributed by atoms with Gasteiger partial charge in [0.1, 0.15) is 0 Å². The highest BCUT2D eigenvalue weighted by Gasteiger charge is 2.25. The fraction of sp³-hybridized carbons (Fsp3) is 0.529. The van der Waals surface area contributed by atoms with E-state index in [2.05, 4.69) is 10.6 Å². The first-order valence-corrected chi connectivity index (χ1v) is 7.97. The Morgan fingerprint density at radius 1 is 1.23 bits per heavy atom. The van der Waals surface area contributed by atoms with Crippen molar-refractivity contribution in [1.82, 2.24) is 5.32 Å². The van der Waals surface area contributed by atoms with Gasteiger partial charge in [0.15, 0.2) is 0 Å². The van der Waals surface area contributed by atoms with Gasteiger partial charge in [0.2, 0.25) is 0 Å². The molecule has 22 heavy (non-hydrogen) atoms. The van der Waals surface area contributed by atoms with Crippen LogP contribution in [0, 0.1) is 5.92 Å². The molecule has 0 aromatic heterocycles. The van der Waals surface area contributed by atoms with Crippen LogP contribution in [0.4, 0.5) is 5.69 Å². The van der Waals surface area contributed by atoms with Crippen LogP contribution in [-0.4, -0.2) is 29.6 Å². The number of anilines is 1. The van der Waals surface area contributed by atoms with Crippen LogP contribution in [0.25, 0.3) is 0 Å². The second kappa shape index (κ2) is 7.82. The average Bonchev–Trinajstić information content (AvgIpc) is 2.53. The van der Waals surface area contributed by atoms with Gasteiger partial charge >= 0.3 is 5.97 Å². The van der Waals surface area contributed by atoms with Crippen molar-refractivity contribution in [2.45, 2.75) is 45.1 Å². The van der Waals surface area contributed by atoms with Crippen molar-refractivity contribution in [3.8, 4) is 0 Å². The van der Waals surface area contributed by atoms with Crippen LogP contribution in [0.1, 0.15) is 49.4 Å². The molecule has 5 nitrogen and oxygen atoms in total. The minimum atomic E-state index is -0.687. The van der Waals surface area contributed by atoms with Gasteiger partial charge in [0.25, 0.3) is 5.91 Å². The second-order valence-corrected chi connectivity index (χ2v) is 5.87. The summed E-state index contributed by atoms with van der Waals surface area (Å²) in [6, 6.07) is 7.75. The molecule has 0 radical (unpaired) electrons. The molecule has 3 N–H and O–H groups in total. The standard InChI is InChI=1S/C17H24N2O3/c1-2-10-18-16(20)13-4-3-5-15(11-13)19-14-8-6-12(7-9-14)17(21)22/h3-5,11-12,14,19H,2,6-10H2,1H3,(H,18,20)(H,21,22). The summed E-state index contributed by atoms with van der Waals surface area (Å²) in [6.07, 6.45) is 4.04. The number of hydrogen-bond donors (Lipinski definition) is 3. The first-order chi connectivity index (χ1) is 10.6. The quantitative estimate of drug-likeness (QED) is 0.755. The van der Waals surface area contributed by atoms with Crippen molar-refractivity contribution in [2.24, 2.45) is 5.92 Å². The molecule has 1 aliphatic carbocycles. The Labute approximate surface area is 131 Å². The highest BCUT2D eigenvalue weighted by Crippen LogP contribution is 2.27. The summed E-state index contributed by atoms with van der Waals surface area (Å²) in [6.45, 7) is 2.70. The van der Waals surface area contributed by atoms with Gasteiger partial charge in [-0.05, 0) is 50.3 Å². The number of carboxylic acid groups (broad SMARTS) is 1. The predicted octanol–water partition coefficient (Wildman–Crippen LogP) is 2.88. The summed E-state index contributed by atoms with van der Waals surface area (Å²) >= 11 is 0. The van der Waals surface area contributed by atoms with E-state index in [9.17, 15) is 9.59 Å². The maximum atomic E-state index is 12.0. The first kappa shape index (κ1) is 16.3. The Hall–Kier alpha value is -2.04. The zero-order chi connectivity index (χ0) is 15.9. The van der Waals surface area contributed by atoms with Crippen LogP contribution < -0.4 is 10.6 Å². The van der Waals surface area contributed by atoms with Crippen molar-refractivity contribution in [2.75, 3.05) is 11.9 Å². The van der Waals surface area contributed by atoms with Gasteiger partial charge in [-0.3, -0.25) is 9.59 Å². The summed E-state index contributed by atoms with van der Waals surface area (Å²) in [5.74, 6) is -0.947. The molecular weight excluding hydrogens is 280 g/mol. The maximum Gasteiger partial charge on any atom is 0.306 e. The third-order valence-corrected chi connectivity index (χ3v) is 4.11. The van der Waals surface area contributed by atoms with Gasteiger partial charge in [0, 0.05) is 23.8 Å². The van der Waals surface area contributed by atoms with Gasteiger partial charge in [-0.25, -0.2) is 0 Å². The summed E-state index contributed by atoms with van der Waals surface area (Å²) in [7, 11) is 0. The fourth-order valence-electron chi connectivity index (χ4n) is 2.81. The van der Waals surface area contributed by atoms with Gasteiger partial charge in [-0.2, -0.15) is 0 Å². The molecule has 120 valence electrons. The number of carbonyl (C=O) groups excluding carboxylic acids is 1. The average molecular weight is 304 g/mol. The Morgan fingerprint density at radius 3 is 2.59 bits per heavy atom. The molecule has 1 saturated carbocycles. The largest absolute Gasteiger partial charge is 0.481 e. The molecule has 0 unspecified atom stereocenters. The van der Waals surface area contributed by atoms with Crippen molar-refractivity contribution < 1.29 is 14.7 Å². The lowest BCUT2D eigenvalue weighted by molar-refractivity contribution is -0.142. The van der Waals surface area contributed by atoms with Gasteiger partial charge in [-0.15, -0.1) is 0 Å². The lowest BCUT2D eigenvalue weighted by Gasteiger charge is -2.27. The van der Waals surface area contributed by atoms with Crippen molar-refractivity contribution >= 4 is 17.6 Å². The SMILES string of the molecule is CCCNC(=O)c1cccc(NC2CCC(C(=O)O)CC2)c1. The maximum absolute atomic E-state index is 12.0. The summed E-state index contributed by atoms with van der Waals surface area (Å²) < 4.78 is 0. The number of carbonyl (C=O) groups is 2. The highest BCUT2D eigenvalue weighted by molar-refractivity contribution is 5.95. The highest BCUT2D eigenvalue weighted by atomic mass is 16.4. The number of hydrogen-bond acceptors (Lipinski definition) is 3. The van der Waals surface area contributed by atoms with Crippen LogP contribution in [0.5, 0.6) is 0 Å². The van der Waals surface area contributed by atoms with Crippen molar-refractivity contribution in [1.29, 1.82) is 0 Å². The molecule has 0 spiro atoms. The van der Waals surface area contributed by atoms with Crippen LogP contribution in [0.3, 0.4) is 0 Å². The third kappa shape index (κ3) is 4.48. The van der Waals surface area contributed by atoms with Crippen molar-refractivity contribution in [3.05, 3.63) is 29.8 Å². The molecule has 0 bridgehead atoms. The molecule has 2 rings (SSSR count). The smallest absolute Gasteiger partial charge is 0.306 e.